The van der Waals surface area contributed by atoms with Crippen molar-refractivity contribution in [1.29, 1.82) is 0 Å². The zero-order valence-corrected chi connectivity index (χ0v) is 14.5. The molecule has 0 atom stereocenters. The molecule has 138 valence electrons. The van der Waals surface area contributed by atoms with Gasteiger partial charge in [0.1, 0.15) is 0 Å². The fraction of sp³-hybridized carbons (Fsp3) is 0.474. The Hall–Kier alpha value is -2.31. The minimum Gasteiger partial charge on any atom is -0.623 e. The van der Waals surface area contributed by atoms with E-state index in [-0.39, 0.29) is 12.5 Å². The highest BCUT2D eigenvalue weighted by atomic mass is 19.4. The molecule has 0 saturated heterocycles. The van der Waals surface area contributed by atoms with Crippen LogP contribution >= 0.6 is 0 Å². The number of alkyl halides is 3. The lowest BCUT2D eigenvalue weighted by Crippen LogP contribution is -2.27. The van der Waals surface area contributed by atoms with Crippen molar-refractivity contribution in [3.8, 4) is 5.69 Å². The Morgan fingerprint density at radius 3 is 2.62 bits per heavy atom. The number of halogens is 3. The number of benzene rings is 1. The van der Waals surface area contributed by atoms with Crippen LogP contribution in [0.15, 0.2) is 24.4 Å². The first-order chi connectivity index (χ1) is 12.3. The van der Waals surface area contributed by atoms with Gasteiger partial charge in [0.25, 0.3) is 0 Å². The number of nitrogens with zero attached hydrogens (tertiary/aromatic N) is 3. The van der Waals surface area contributed by atoms with Gasteiger partial charge in [0, 0.05) is 12.1 Å². The van der Waals surface area contributed by atoms with Gasteiger partial charge in [-0.05, 0) is 38.0 Å². The van der Waals surface area contributed by atoms with Gasteiger partial charge in [-0.1, -0.05) is 19.3 Å². The SMILES string of the molecule is Cc1cn2c(n1)C[N+]([O-])=C(C1CCCCC1)c1cc(C(F)(F)F)ccc1-2. The summed E-state index contributed by atoms with van der Waals surface area (Å²) in [5.74, 6) is 0.554. The van der Waals surface area contributed by atoms with Gasteiger partial charge in [-0.25, -0.2) is 9.72 Å². The van der Waals surface area contributed by atoms with E-state index in [2.05, 4.69) is 4.98 Å². The summed E-state index contributed by atoms with van der Waals surface area (Å²) in [6.45, 7) is 1.86. The molecule has 1 aromatic carbocycles. The molecule has 1 fully saturated rings. The van der Waals surface area contributed by atoms with Crippen molar-refractivity contribution in [3.63, 3.8) is 0 Å². The second-order valence-electron chi connectivity index (χ2n) is 7.15. The molecule has 1 aliphatic carbocycles. The number of aryl methyl sites for hydroxylation is 1. The van der Waals surface area contributed by atoms with Gasteiger partial charge >= 0.3 is 6.18 Å². The number of rotatable bonds is 1. The summed E-state index contributed by atoms with van der Waals surface area (Å²) in [5.41, 5.74) is 1.48. The van der Waals surface area contributed by atoms with Crippen LogP contribution in [0.1, 0.15) is 54.7 Å². The van der Waals surface area contributed by atoms with E-state index in [1.165, 1.54) is 6.07 Å². The highest BCUT2D eigenvalue weighted by Crippen LogP contribution is 2.36. The standard InChI is InChI=1S/C19H20F3N3O/c1-12-10-24-16-8-7-14(19(20,21)22)9-15(16)18(13-5-3-2-4-6-13)25(26)11-17(24)23-12/h7-10,13H,2-6,11H2,1H3. The van der Waals surface area contributed by atoms with E-state index >= 15 is 0 Å². The third-order valence-electron chi connectivity index (χ3n) is 5.30. The van der Waals surface area contributed by atoms with Crippen LogP contribution in [0.2, 0.25) is 0 Å². The smallest absolute Gasteiger partial charge is 0.416 e. The lowest BCUT2D eigenvalue weighted by molar-refractivity contribution is -0.478. The number of hydrogen-bond acceptors (Lipinski definition) is 2. The maximum absolute atomic E-state index is 13.3. The molecule has 1 saturated carbocycles. The van der Waals surface area contributed by atoms with E-state index in [1.54, 1.807) is 10.8 Å². The van der Waals surface area contributed by atoms with E-state index in [9.17, 15) is 18.4 Å². The van der Waals surface area contributed by atoms with E-state index in [4.69, 9.17) is 0 Å². The van der Waals surface area contributed by atoms with Crippen molar-refractivity contribution < 1.29 is 17.9 Å². The number of hydroxylamine groups is 1. The second kappa shape index (κ2) is 6.14. The summed E-state index contributed by atoms with van der Waals surface area (Å²) in [5, 5.41) is 13.0. The minimum atomic E-state index is -4.44. The molecular formula is C19H20F3N3O. The van der Waals surface area contributed by atoms with Crippen molar-refractivity contribution >= 4 is 5.71 Å². The largest absolute Gasteiger partial charge is 0.623 e. The minimum absolute atomic E-state index is 0.00538. The highest BCUT2D eigenvalue weighted by molar-refractivity contribution is 6.02. The number of imidazole rings is 1. The fourth-order valence-corrected chi connectivity index (χ4v) is 4.14. The summed E-state index contributed by atoms with van der Waals surface area (Å²) in [4.78, 5) is 4.40. The molecule has 0 unspecified atom stereocenters. The quantitative estimate of drug-likeness (QED) is 0.549. The molecule has 1 aliphatic heterocycles. The Morgan fingerprint density at radius 2 is 1.92 bits per heavy atom. The zero-order valence-electron chi connectivity index (χ0n) is 14.5. The summed E-state index contributed by atoms with van der Waals surface area (Å²) in [6, 6.07) is 3.68. The highest BCUT2D eigenvalue weighted by Gasteiger charge is 2.36. The summed E-state index contributed by atoms with van der Waals surface area (Å²) < 4.78 is 42.5. The molecular weight excluding hydrogens is 343 g/mol. The van der Waals surface area contributed by atoms with E-state index in [1.807, 2.05) is 6.92 Å². The predicted octanol–water partition coefficient (Wildman–Crippen LogP) is 4.59. The number of hydrogen-bond donors (Lipinski definition) is 0. The maximum Gasteiger partial charge on any atom is 0.416 e. The van der Waals surface area contributed by atoms with Gasteiger partial charge in [0.15, 0.2) is 11.5 Å². The molecule has 1 aromatic heterocycles. The van der Waals surface area contributed by atoms with Crippen molar-refractivity contribution in [3.05, 3.63) is 52.2 Å². The summed E-state index contributed by atoms with van der Waals surface area (Å²) in [6.07, 6.45) is 2.12. The van der Waals surface area contributed by atoms with E-state index < -0.39 is 11.7 Å². The van der Waals surface area contributed by atoms with Crippen LogP contribution < -0.4 is 0 Å². The van der Waals surface area contributed by atoms with Crippen LogP contribution in [0, 0.1) is 18.0 Å². The first-order valence-electron chi connectivity index (χ1n) is 8.93. The lowest BCUT2D eigenvalue weighted by atomic mass is 9.82. The summed E-state index contributed by atoms with van der Waals surface area (Å²) >= 11 is 0. The molecule has 0 spiro atoms. The predicted molar refractivity (Wildman–Crippen MR) is 91.3 cm³/mol. The molecule has 0 radical (unpaired) electrons. The average molecular weight is 363 g/mol. The molecule has 4 rings (SSSR count). The van der Waals surface area contributed by atoms with Crippen LogP contribution in [0.25, 0.3) is 5.69 Å². The fourth-order valence-electron chi connectivity index (χ4n) is 4.14. The van der Waals surface area contributed by atoms with Crippen molar-refractivity contribution in [2.45, 2.75) is 51.7 Å². The van der Waals surface area contributed by atoms with Crippen LogP contribution in [0.3, 0.4) is 0 Å². The van der Waals surface area contributed by atoms with Gasteiger partial charge in [-0.2, -0.15) is 13.2 Å². The van der Waals surface area contributed by atoms with E-state index in [0.717, 1.165) is 54.7 Å². The van der Waals surface area contributed by atoms with Gasteiger partial charge in [0.05, 0.1) is 22.5 Å². The van der Waals surface area contributed by atoms with Crippen LogP contribution in [0.5, 0.6) is 0 Å². The van der Waals surface area contributed by atoms with Crippen LogP contribution in [-0.2, 0) is 12.7 Å². The average Bonchev–Trinajstić information content (AvgIpc) is 2.90. The van der Waals surface area contributed by atoms with E-state index in [0.29, 0.717) is 22.8 Å². The lowest BCUT2D eigenvalue weighted by Gasteiger charge is -2.23. The Morgan fingerprint density at radius 1 is 1.19 bits per heavy atom. The molecule has 26 heavy (non-hydrogen) atoms. The van der Waals surface area contributed by atoms with Crippen molar-refractivity contribution in [2.24, 2.45) is 5.92 Å². The molecule has 2 heterocycles. The number of fused-ring (bicyclic) bond motifs is 3. The molecule has 2 aliphatic rings. The van der Waals surface area contributed by atoms with Crippen LogP contribution in [0.4, 0.5) is 13.2 Å². The van der Waals surface area contributed by atoms with Crippen LogP contribution in [-0.4, -0.2) is 20.0 Å². The molecule has 0 bridgehead atoms. The molecule has 2 aromatic rings. The maximum atomic E-state index is 13.3. The topological polar surface area (TPSA) is 43.9 Å². The first-order valence-corrected chi connectivity index (χ1v) is 8.93. The third-order valence-corrected chi connectivity index (χ3v) is 5.30. The third kappa shape index (κ3) is 2.89. The molecule has 0 amide bonds. The number of aromatic nitrogens is 2. The second-order valence-corrected chi connectivity index (χ2v) is 7.15. The van der Waals surface area contributed by atoms with Gasteiger partial charge in [0.2, 0.25) is 6.54 Å². The Labute approximate surface area is 149 Å². The monoisotopic (exact) mass is 363 g/mol. The Kier molecular flexibility index (Phi) is 4.04. The van der Waals surface area contributed by atoms with Gasteiger partial charge in [-0.15, -0.1) is 0 Å². The van der Waals surface area contributed by atoms with Gasteiger partial charge < -0.3 is 5.21 Å². The molecule has 0 N–H and O–H groups in total. The van der Waals surface area contributed by atoms with Crippen molar-refractivity contribution in [1.82, 2.24) is 9.55 Å². The van der Waals surface area contributed by atoms with Crippen molar-refractivity contribution in [2.75, 3.05) is 0 Å². The zero-order chi connectivity index (χ0) is 18.5. The molecule has 7 heteroatoms. The van der Waals surface area contributed by atoms with Gasteiger partial charge in [-0.3, -0.25) is 4.57 Å². The first kappa shape index (κ1) is 17.1. The Balaban J connectivity index is 1.95. The summed E-state index contributed by atoms with van der Waals surface area (Å²) in [7, 11) is 0. The Bertz CT molecular complexity index is 877. The normalized spacial score (nSPS) is 18.5. The molecule has 4 nitrogen and oxygen atoms in total.